The number of phenols is 2. The highest BCUT2D eigenvalue weighted by molar-refractivity contribution is 5.57. The van der Waals surface area contributed by atoms with Gasteiger partial charge in [-0.3, -0.25) is 4.90 Å². The van der Waals surface area contributed by atoms with Gasteiger partial charge < -0.3 is 10.2 Å². The van der Waals surface area contributed by atoms with E-state index in [9.17, 15) is 10.2 Å². The Morgan fingerprint density at radius 3 is 1.59 bits per heavy atom. The van der Waals surface area contributed by atoms with Gasteiger partial charge in [0.2, 0.25) is 0 Å². The third kappa shape index (κ3) is 2.98. The van der Waals surface area contributed by atoms with E-state index in [-0.39, 0.29) is 11.5 Å². The lowest BCUT2D eigenvalue weighted by atomic mass is 9.74. The molecule has 3 heteroatoms. The smallest absolute Gasteiger partial charge is 0.121 e. The van der Waals surface area contributed by atoms with Gasteiger partial charge in [-0.05, 0) is 43.6 Å². The SMILES string of the molecule is Oc1ccccc1C(c1ccccc1)(c1ccccc1O)N1CCCCC1. The van der Waals surface area contributed by atoms with E-state index in [1.54, 1.807) is 12.1 Å². The summed E-state index contributed by atoms with van der Waals surface area (Å²) in [7, 11) is 0. The quantitative estimate of drug-likeness (QED) is 0.653. The molecule has 1 aliphatic heterocycles. The Hall–Kier alpha value is -2.78. The van der Waals surface area contributed by atoms with Crippen molar-refractivity contribution in [2.24, 2.45) is 0 Å². The van der Waals surface area contributed by atoms with E-state index in [0.717, 1.165) is 42.6 Å². The molecule has 0 radical (unpaired) electrons. The van der Waals surface area contributed by atoms with Crippen LogP contribution in [-0.4, -0.2) is 28.2 Å². The molecule has 0 aliphatic carbocycles. The zero-order valence-corrected chi connectivity index (χ0v) is 15.4. The molecule has 1 aliphatic rings. The van der Waals surface area contributed by atoms with Crippen LogP contribution in [0.15, 0.2) is 78.9 Å². The first kappa shape index (κ1) is 17.6. The molecule has 0 spiro atoms. The van der Waals surface area contributed by atoms with E-state index in [4.69, 9.17) is 0 Å². The van der Waals surface area contributed by atoms with Gasteiger partial charge in [-0.15, -0.1) is 0 Å². The molecule has 1 saturated heterocycles. The third-order valence-corrected chi connectivity index (χ3v) is 5.61. The van der Waals surface area contributed by atoms with Gasteiger partial charge in [0.15, 0.2) is 0 Å². The number of rotatable bonds is 4. The molecule has 0 atom stereocenters. The van der Waals surface area contributed by atoms with Crippen molar-refractivity contribution in [3.05, 3.63) is 95.6 Å². The number of hydrogen-bond donors (Lipinski definition) is 2. The summed E-state index contributed by atoms with van der Waals surface area (Å²) in [5.74, 6) is 0.491. The predicted molar refractivity (Wildman–Crippen MR) is 108 cm³/mol. The fraction of sp³-hybridized carbons (Fsp3) is 0.250. The molecule has 3 aromatic carbocycles. The summed E-state index contributed by atoms with van der Waals surface area (Å²) in [4.78, 5) is 2.41. The van der Waals surface area contributed by atoms with Crippen LogP contribution in [0.3, 0.4) is 0 Å². The van der Waals surface area contributed by atoms with Crippen LogP contribution in [0.25, 0.3) is 0 Å². The summed E-state index contributed by atoms with van der Waals surface area (Å²) in [6.45, 7) is 1.83. The first-order valence-electron chi connectivity index (χ1n) is 9.62. The predicted octanol–water partition coefficient (Wildman–Crippen LogP) is 4.88. The normalized spacial score (nSPS) is 15.6. The largest absolute Gasteiger partial charge is 0.508 e. The van der Waals surface area contributed by atoms with Crippen LogP contribution in [-0.2, 0) is 5.54 Å². The lowest BCUT2D eigenvalue weighted by molar-refractivity contribution is 0.123. The molecule has 138 valence electrons. The van der Waals surface area contributed by atoms with Crippen LogP contribution < -0.4 is 0 Å². The van der Waals surface area contributed by atoms with E-state index >= 15 is 0 Å². The van der Waals surface area contributed by atoms with Gasteiger partial charge in [0.1, 0.15) is 17.0 Å². The van der Waals surface area contributed by atoms with Gasteiger partial charge in [0.05, 0.1) is 0 Å². The maximum Gasteiger partial charge on any atom is 0.121 e. The van der Waals surface area contributed by atoms with E-state index < -0.39 is 5.54 Å². The average molecular weight is 359 g/mol. The minimum Gasteiger partial charge on any atom is -0.508 e. The Morgan fingerprint density at radius 2 is 1.07 bits per heavy atom. The summed E-state index contributed by atoms with van der Waals surface area (Å²) in [5, 5.41) is 21.8. The highest BCUT2D eigenvalue weighted by Crippen LogP contribution is 2.49. The first-order chi connectivity index (χ1) is 13.2. The second-order valence-corrected chi connectivity index (χ2v) is 7.16. The molecule has 2 N–H and O–H groups in total. The van der Waals surface area contributed by atoms with Crippen molar-refractivity contribution in [2.45, 2.75) is 24.8 Å². The van der Waals surface area contributed by atoms with Crippen LogP contribution in [0.1, 0.15) is 36.0 Å². The monoisotopic (exact) mass is 359 g/mol. The second kappa shape index (κ2) is 7.45. The molecule has 0 saturated carbocycles. The number of nitrogens with zero attached hydrogens (tertiary/aromatic N) is 1. The molecule has 4 rings (SSSR count). The van der Waals surface area contributed by atoms with Gasteiger partial charge in [-0.1, -0.05) is 73.2 Å². The molecule has 1 heterocycles. The minimum absolute atomic E-state index is 0.246. The van der Waals surface area contributed by atoms with Crippen molar-refractivity contribution >= 4 is 0 Å². The van der Waals surface area contributed by atoms with Crippen LogP contribution in [0.4, 0.5) is 0 Å². The van der Waals surface area contributed by atoms with Crippen molar-refractivity contribution in [3.63, 3.8) is 0 Å². The van der Waals surface area contributed by atoms with Gasteiger partial charge in [0, 0.05) is 11.1 Å². The molecular formula is C24H25NO2. The molecule has 1 fully saturated rings. The van der Waals surface area contributed by atoms with Crippen LogP contribution in [0, 0.1) is 0 Å². The number of aromatic hydroxyl groups is 2. The first-order valence-corrected chi connectivity index (χ1v) is 9.62. The molecule has 0 unspecified atom stereocenters. The summed E-state index contributed by atoms with van der Waals surface area (Å²) in [5.41, 5.74) is 1.92. The maximum absolute atomic E-state index is 10.9. The van der Waals surface area contributed by atoms with Crippen LogP contribution >= 0.6 is 0 Å². The minimum atomic E-state index is -0.738. The summed E-state index contributed by atoms with van der Waals surface area (Å²) < 4.78 is 0. The lowest BCUT2D eigenvalue weighted by Crippen LogP contribution is -2.50. The Balaban J connectivity index is 2.09. The average Bonchev–Trinajstić information content (AvgIpc) is 2.73. The van der Waals surface area contributed by atoms with Gasteiger partial charge in [-0.25, -0.2) is 0 Å². The summed E-state index contributed by atoms with van der Waals surface area (Å²) >= 11 is 0. The highest BCUT2D eigenvalue weighted by Gasteiger charge is 2.45. The maximum atomic E-state index is 10.9. The van der Waals surface area contributed by atoms with E-state index in [2.05, 4.69) is 17.0 Å². The van der Waals surface area contributed by atoms with Crippen molar-refractivity contribution in [1.82, 2.24) is 4.90 Å². The number of benzene rings is 3. The van der Waals surface area contributed by atoms with E-state index in [1.807, 2.05) is 54.6 Å². The van der Waals surface area contributed by atoms with Crippen molar-refractivity contribution in [1.29, 1.82) is 0 Å². The van der Waals surface area contributed by atoms with Gasteiger partial charge in [0.25, 0.3) is 0 Å². The zero-order chi connectivity index (χ0) is 18.7. The van der Waals surface area contributed by atoms with Crippen molar-refractivity contribution in [2.75, 3.05) is 13.1 Å². The Kier molecular flexibility index (Phi) is 4.87. The van der Waals surface area contributed by atoms with E-state index in [1.165, 1.54) is 6.42 Å². The molecule has 0 aromatic heterocycles. The fourth-order valence-electron chi connectivity index (χ4n) is 4.45. The number of hydrogen-bond acceptors (Lipinski definition) is 3. The van der Waals surface area contributed by atoms with Crippen LogP contribution in [0.2, 0.25) is 0 Å². The Morgan fingerprint density at radius 1 is 0.593 bits per heavy atom. The number of likely N-dealkylation sites (tertiary alicyclic amines) is 1. The Bertz CT molecular complexity index is 856. The topological polar surface area (TPSA) is 43.7 Å². The molecular weight excluding hydrogens is 334 g/mol. The fourth-order valence-corrected chi connectivity index (χ4v) is 4.45. The summed E-state index contributed by atoms with van der Waals surface area (Å²) in [6.07, 6.45) is 3.43. The Labute approximate surface area is 160 Å². The van der Waals surface area contributed by atoms with Crippen LogP contribution in [0.5, 0.6) is 11.5 Å². The van der Waals surface area contributed by atoms with Gasteiger partial charge >= 0.3 is 0 Å². The highest BCUT2D eigenvalue weighted by atomic mass is 16.3. The summed E-state index contributed by atoms with van der Waals surface area (Å²) in [6, 6.07) is 25.2. The zero-order valence-electron chi connectivity index (χ0n) is 15.4. The van der Waals surface area contributed by atoms with Gasteiger partial charge in [-0.2, -0.15) is 0 Å². The lowest BCUT2D eigenvalue weighted by Gasteiger charge is -2.47. The number of para-hydroxylation sites is 2. The molecule has 27 heavy (non-hydrogen) atoms. The standard InChI is InChI=1S/C24H25NO2/c26-22-15-7-5-13-20(22)24(19-11-3-1-4-12-19,25-17-9-2-10-18-25)21-14-6-8-16-23(21)27/h1,3-8,11-16,26-27H,2,9-10,17-18H2. The third-order valence-electron chi connectivity index (χ3n) is 5.61. The molecule has 0 amide bonds. The van der Waals surface area contributed by atoms with Crippen molar-refractivity contribution < 1.29 is 10.2 Å². The molecule has 0 bridgehead atoms. The second-order valence-electron chi connectivity index (χ2n) is 7.16. The number of phenolic OH excluding ortho intramolecular Hbond substituents is 2. The molecule has 3 nitrogen and oxygen atoms in total. The van der Waals surface area contributed by atoms with Crippen molar-refractivity contribution in [3.8, 4) is 11.5 Å². The van der Waals surface area contributed by atoms with E-state index in [0.29, 0.717) is 0 Å². The number of piperidine rings is 1. The molecule has 3 aromatic rings.